The summed E-state index contributed by atoms with van der Waals surface area (Å²) in [7, 11) is 2.17. The van der Waals surface area contributed by atoms with E-state index in [4.69, 9.17) is 0 Å². The summed E-state index contributed by atoms with van der Waals surface area (Å²) >= 11 is 0. The largest absolute Gasteiger partial charge is 0.344 e. The minimum Gasteiger partial charge on any atom is -0.344 e. The summed E-state index contributed by atoms with van der Waals surface area (Å²) in [5.41, 5.74) is 3.96. The summed E-state index contributed by atoms with van der Waals surface area (Å²) in [6.45, 7) is 6.78. The second-order valence-electron chi connectivity index (χ2n) is 9.93. The monoisotopic (exact) mass is 413 g/mol. The van der Waals surface area contributed by atoms with Crippen molar-refractivity contribution in [2.24, 2.45) is 0 Å². The van der Waals surface area contributed by atoms with E-state index in [-0.39, 0.29) is 5.41 Å². The molecule has 0 spiro atoms. The van der Waals surface area contributed by atoms with Crippen molar-refractivity contribution in [3.05, 3.63) is 96.6 Å². The van der Waals surface area contributed by atoms with Crippen LogP contribution in [0.1, 0.15) is 26.3 Å². The Morgan fingerprint density at radius 3 is 1.69 bits per heavy atom. The first kappa shape index (κ1) is 19.1. The molecule has 0 aliphatic carbocycles. The van der Waals surface area contributed by atoms with Gasteiger partial charge in [-0.25, -0.2) is 0 Å². The highest BCUT2D eigenvalue weighted by Crippen LogP contribution is 2.43. The molecule has 1 nitrogen and oxygen atoms in total. The molecule has 6 rings (SSSR count). The summed E-state index contributed by atoms with van der Waals surface area (Å²) in [4.78, 5) is 2.32. The van der Waals surface area contributed by atoms with E-state index in [1.807, 2.05) is 0 Å². The predicted molar refractivity (Wildman–Crippen MR) is 141 cm³/mol. The van der Waals surface area contributed by atoms with Crippen LogP contribution in [0.2, 0.25) is 0 Å². The van der Waals surface area contributed by atoms with Gasteiger partial charge in [0.2, 0.25) is 0 Å². The predicted octanol–water partition coefficient (Wildman–Crippen LogP) is 8.80. The Kier molecular flexibility index (Phi) is 4.01. The van der Waals surface area contributed by atoms with E-state index >= 15 is 0 Å². The number of hydrogen-bond acceptors (Lipinski definition) is 1. The Balaban J connectivity index is 1.62. The minimum absolute atomic E-state index is 0.158. The lowest BCUT2D eigenvalue weighted by Gasteiger charge is -2.25. The van der Waals surface area contributed by atoms with Crippen LogP contribution in [0.15, 0.2) is 91.0 Å². The first-order valence-corrected chi connectivity index (χ1v) is 11.4. The molecule has 156 valence electrons. The smallest absolute Gasteiger partial charge is 0.0488 e. The van der Waals surface area contributed by atoms with Crippen molar-refractivity contribution < 1.29 is 0 Å². The van der Waals surface area contributed by atoms with Gasteiger partial charge >= 0.3 is 0 Å². The molecule has 1 heteroatoms. The number of fused-ring (bicyclic) bond motifs is 2. The Labute approximate surface area is 189 Å². The van der Waals surface area contributed by atoms with E-state index in [1.54, 1.807) is 0 Å². The van der Waals surface area contributed by atoms with Crippen LogP contribution in [0.25, 0.3) is 43.1 Å². The van der Waals surface area contributed by atoms with E-state index < -0.39 is 0 Å². The van der Waals surface area contributed by atoms with Gasteiger partial charge in [0.15, 0.2) is 0 Å². The summed E-state index contributed by atoms with van der Waals surface area (Å²) in [5, 5.41) is 10.7. The Bertz CT molecular complexity index is 1550. The van der Waals surface area contributed by atoms with Gasteiger partial charge in [0.25, 0.3) is 0 Å². The maximum absolute atomic E-state index is 2.32. The zero-order chi connectivity index (χ0) is 22.0. The lowest BCUT2D eigenvalue weighted by Crippen LogP contribution is -2.13. The third kappa shape index (κ3) is 2.71. The van der Waals surface area contributed by atoms with E-state index in [0.29, 0.717) is 0 Å². The molecule has 6 aromatic carbocycles. The number of anilines is 2. The van der Waals surface area contributed by atoms with Crippen molar-refractivity contribution in [1.29, 1.82) is 0 Å². The molecule has 6 aromatic rings. The van der Waals surface area contributed by atoms with Crippen LogP contribution >= 0.6 is 0 Å². The molecule has 0 unspecified atom stereocenters. The SMILES string of the molecule is CN(c1ccc(C(C)(C)C)cc1)c1ccc2c3cccc4cccc(c5cccc1c52)c43. The molecule has 0 fully saturated rings. The van der Waals surface area contributed by atoms with Crippen molar-refractivity contribution in [3.8, 4) is 0 Å². The molecule has 32 heavy (non-hydrogen) atoms. The van der Waals surface area contributed by atoms with Crippen LogP contribution in [0.5, 0.6) is 0 Å². The van der Waals surface area contributed by atoms with Gasteiger partial charge in [-0.3, -0.25) is 0 Å². The Hall–Kier alpha value is -3.58. The van der Waals surface area contributed by atoms with Gasteiger partial charge in [-0.15, -0.1) is 0 Å². The van der Waals surface area contributed by atoms with Crippen molar-refractivity contribution >= 4 is 54.5 Å². The Morgan fingerprint density at radius 1 is 0.531 bits per heavy atom. The van der Waals surface area contributed by atoms with Gasteiger partial charge in [0, 0.05) is 23.8 Å². The van der Waals surface area contributed by atoms with Crippen molar-refractivity contribution in [2.45, 2.75) is 26.2 Å². The van der Waals surface area contributed by atoms with Crippen LogP contribution in [-0.2, 0) is 5.41 Å². The van der Waals surface area contributed by atoms with Gasteiger partial charge < -0.3 is 4.90 Å². The number of benzene rings is 6. The molecule has 0 saturated heterocycles. The molecular formula is C31H27N. The quantitative estimate of drug-likeness (QED) is 0.202. The summed E-state index contributed by atoms with van der Waals surface area (Å²) in [6, 6.07) is 33.7. The van der Waals surface area contributed by atoms with E-state index in [9.17, 15) is 0 Å². The van der Waals surface area contributed by atoms with Gasteiger partial charge in [0.05, 0.1) is 0 Å². The highest BCUT2D eigenvalue weighted by atomic mass is 15.1. The normalized spacial score (nSPS) is 12.4. The molecule has 0 aliphatic rings. The maximum atomic E-state index is 2.32. The molecule has 0 amide bonds. The van der Waals surface area contributed by atoms with Crippen LogP contribution in [0, 0.1) is 0 Å². The highest BCUT2D eigenvalue weighted by molar-refractivity contribution is 6.34. The van der Waals surface area contributed by atoms with Crippen LogP contribution < -0.4 is 4.90 Å². The average molecular weight is 414 g/mol. The molecule has 0 radical (unpaired) electrons. The van der Waals surface area contributed by atoms with Crippen molar-refractivity contribution in [1.82, 2.24) is 0 Å². The molecule has 0 aliphatic heterocycles. The lowest BCUT2D eigenvalue weighted by molar-refractivity contribution is 0.590. The van der Waals surface area contributed by atoms with Crippen molar-refractivity contribution in [2.75, 3.05) is 11.9 Å². The second kappa shape index (κ2) is 6.71. The first-order valence-electron chi connectivity index (χ1n) is 11.4. The van der Waals surface area contributed by atoms with Gasteiger partial charge in [0.1, 0.15) is 0 Å². The third-order valence-corrected chi connectivity index (χ3v) is 6.98. The van der Waals surface area contributed by atoms with Gasteiger partial charge in [-0.2, -0.15) is 0 Å². The molecule has 0 saturated carbocycles. The molecule has 0 bridgehead atoms. The zero-order valence-electron chi connectivity index (χ0n) is 19.1. The number of hydrogen-bond donors (Lipinski definition) is 0. The molecule has 0 aromatic heterocycles. The molecule has 0 heterocycles. The Morgan fingerprint density at radius 2 is 1.06 bits per heavy atom. The highest BCUT2D eigenvalue weighted by Gasteiger charge is 2.17. The molecular weight excluding hydrogens is 386 g/mol. The summed E-state index contributed by atoms with van der Waals surface area (Å²) in [5.74, 6) is 0. The average Bonchev–Trinajstić information content (AvgIpc) is 2.81. The standard InChI is InChI=1S/C31H27N/c1-31(2,3)21-14-16-22(17-15-21)32(4)28-19-18-26-24-11-6-9-20-8-5-10-23(29(20)24)25-12-7-13-27(28)30(25)26/h5-19H,1-4H3. The maximum Gasteiger partial charge on any atom is 0.0488 e. The third-order valence-electron chi connectivity index (χ3n) is 6.98. The summed E-state index contributed by atoms with van der Waals surface area (Å²) < 4.78 is 0. The molecule has 0 N–H and O–H groups in total. The van der Waals surface area contributed by atoms with E-state index in [0.717, 1.165) is 0 Å². The zero-order valence-corrected chi connectivity index (χ0v) is 19.1. The van der Waals surface area contributed by atoms with Gasteiger partial charge in [-0.05, 0) is 66.9 Å². The topological polar surface area (TPSA) is 3.24 Å². The van der Waals surface area contributed by atoms with Crippen LogP contribution in [-0.4, -0.2) is 7.05 Å². The fourth-order valence-electron chi connectivity index (χ4n) is 5.25. The number of rotatable bonds is 2. The van der Waals surface area contributed by atoms with Crippen LogP contribution in [0.4, 0.5) is 11.4 Å². The number of nitrogens with zero attached hydrogens (tertiary/aromatic N) is 1. The second-order valence-corrected chi connectivity index (χ2v) is 9.93. The minimum atomic E-state index is 0.158. The molecule has 0 atom stereocenters. The summed E-state index contributed by atoms with van der Waals surface area (Å²) in [6.07, 6.45) is 0. The van der Waals surface area contributed by atoms with E-state index in [2.05, 4.69) is 124 Å². The van der Waals surface area contributed by atoms with E-state index in [1.165, 1.54) is 60.0 Å². The van der Waals surface area contributed by atoms with Crippen LogP contribution in [0.3, 0.4) is 0 Å². The van der Waals surface area contributed by atoms with Gasteiger partial charge in [-0.1, -0.05) is 93.6 Å². The van der Waals surface area contributed by atoms with Crippen molar-refractivity contribution in [3.63, 3.8) is 0 Å². The first-order chi connectivity index (χ1) is 15.4. The fraction of sp³-hybridized carbons (Fsp3) is 0.161. The fourth-order valence-corrected chi connectivity index (χ4v) is 5.25. The lowest BCUT2D eigenvalue weighted by atomic mass is 9.87.